The first-order valence-electron chi connectivity index (χ1n) is 10.6. The molecule has 2 aromatic heterocycles. The van der Waals surface area contributed by atoms with Crippen molar-refractivity contribution < 1.29 is 4.79 Å². The number of anilines is 1. The summed E-state index contributed by atoms with van der Waals surface area (Å²) in [4.78, 5) is 14.0. The highest BCUT2D eigenvalue weighted by molar-refractivity contribution is 7.99. The number of aromatic nitrogens is 3. The van der Waals surface area contributed by atoms with Crippen molar-refractivity contribution in [3.05, 3.63) is 57.8 Å². The van der Waals surface area contributed by atoms with Crippen LogP contribution in [0.1, 0.15) is 34.9 Å². The van der Waals surface area contributed by atoms with E-state index in [1.807, 2.05) is 49.5 Å². The van der Waals surface area contributed by atoms with Crippen LogP contribution in [0.3, 0.4) is 0 Å². The van der Waals surface area contributed by atoms with Gasteiger partial charge in [-0.25, -0.2) is 0 Å². The van der Waals surface area contributed by atoms with Gasteiger partial charge in [-0.15, -0.1) is 28.1 Å². The highest BCUT2D eigenvalue weighted by atomic mass is 32.2. The van der Waals surface area contributed by atoms with Gasteiger partial charge in [0.05, 0.1) is 5.75 Å². The second-order valence-corrected chi connectivity index (χ2v) is 10.2. The Labute approximate surface area is 192 Å². The topological polar surface area (TPSA) is 59.8 Å². The van der Waals surface area contributed by atoms with Crippen LogP contribution < -0.4 is 5.32 Å². The monoisotopic (exact) mass is 452 g/mol. The molecule has 7 heteroatoms. The summed E-state index contributed by atoms with van der Waals surface area (Å²) in [6.07, 6.45) is 5.31. The summed E-state index contributed by atoms with van der Waals surface area (Å²) < 4.78 is 2.07. The van der Waals surface area contributed by atoms with Gasteiger partial charge in [0.25, 0.3) is 0 Å². The number of hydrogen-bond acceptors (Lipinski definition) is 5. The van der Waals surface area contributed by atoms with Gasteiger partial charge in [0.2, 0.25) is 5.91 Å². The fraction of sp³-hybridized carbons (Fsp3) is 0.375. The van der Waals surface area contributed by atoms with Crippen LogP contribution in [-0.4, -0.2) is 26.4 Å². The lowest BCUT2D eigenvalue weighted by atomic mass is 9.88. The first kappa shape index (κ1) is 21.8. The Balaban J connectivity index is 1.51. The molecule has 0 radical (unpaired) electrons. The number of nitrogens with one attached hydrogen (secondary N) is 1. The molecule has 0 fully saturated rings. The Bertz CT molecular complexity index is 1110. The van der Waals surface area contributed by atoms with Gasteiger partial charge < -0.3 is 5.32 Å². The SMILES string of the molecule is C=CCn1c(SCC(=O)Nc2cc(C)ccc2C)nnc1-c1csc2c1CCC(C)C2. The Morgan fingerprint density at radius 1 is 1.39 bits per heavy atom. The number of carbonyl (C=O) groups excluding carboxylic acids is 1. The molecule has 31 heavy (non-hydrogen) atoms. The average molecular weight is 453 g/mol. The van der Waals surface area contributed by atoms with Crippen molar-refractivity contribution in [1.29, 1.82) is 0 Å². The number of fused-ring (bicyclic) bond motifs is 1. The molecular weight excluding hydrogens is 424 g/mol. The van der Waals surface area contributed by atoms with E-state index in [4.69, 9.17) is 0 Å². The van der Waals surface area contributed by atoms with Crippen LogP contribution in [-0.2, 0) is 24.2 Å². The van der Waals surface area contributed by atoms with Gasteiger partial charge in [0.1, 0.15) is 0 Å². The molecule has 1 unspecified atom stereocenters. The summed E-state index contributed by atoms with van der Waals surface area (Å²) in [5.74, 6) is 1.86. The average Bonchev–Trinajstić information content (AvgIpc) is 3.32. The van der Waals surface area contributed by atoms with Gasteiger partial charge in [-0.2, -0.15) is 0 Å². The van der Waals surface area contributed by atoms with Crippen molar-refractivity contribution >= 4 is 34.7 Å². The van der Waals surface area contributed by atoms with Crippen LogP contribution in [0, 0.1) is 19.8 Å². The molecule has 1 N–H and O–H groups in total. The minimum absolute atomic E-state index is 0.0460. The lowest BCUT2D eigenvalue weighted by molar-refractivity contribution is -0.113. The summed E-state index contributed by atoms with van der Waals surface area (Å²) in [5.41, 5.74) is 5.64. The zero-order valence-electron chi connectivity index (χ0n) is 18.3. The molecule has 0 aliphatic heterocycles. The standard InChI is InChI=1S/C24H28N4OS2/c1-5-10-28-23(19-13-30-21-12-16(3)7-9-18(19)21)26-27-24(28)31-14-22(29)25-20-11-15(2)6-8-17(20)4/h5-6,8,11,13,16H,1,7,9-10,12,14H2,2-4H3,(H,25,29). The minimum atomic E-state index is -0.0460. The van der Waals surface area contributed by atoms with Crippen molar-refractivity contribution in [3.8, 4) is 11.4 Å². The third-order valence-electron chi connectivity index (χ3n) is 5.67. The van der Waals surface area contributed by atoms with Crippen LogP contribution in [0.15, 0.2) is 41.4 Å². The third kappa shape index (κ3) is 4.77. The maximum Gasteiger partial charge on any atom is 0.234 e. The van der Waals surface area contributed by atoms with Crippen molar-refractivity contribution in [2.24, 2.45) is 5.92 Å². The van der Waals surface area contributed by atoms with Gasteiger partial charge >= 0.3 is 0 Å². The molecule has 162 valence electrons. The van der Waals surface area contributed by atoms with E-state index in [-0.39, 0.29) is 11.7 Å². The number of nitrogens with zero attached hydrogens (tertiary/aromatic N) is 3. The van der Waals surface area contributed by atoms with Crippen LogP contribution in [0.2, 0.25) is 0 Å². The van der Waals surface area contributed by atoms with Crippen LogP contribution >= 0.6 is 23.1 Å². The van der Waals surface area contributed by atoms with Crippen molar-refractivity contribution in [2.75, 3.05) is 11.1 Å². The van der Waals surface area contributed by atoms with Gasteiger partial charge in [-0.1, -0.05) is 36.9 Å². The fourth-order valence-electron chi connectivity index (χ4n) is 3.94. The zero-order chi connectivity index (χ0) is 22.0. The molecule has 1 amide bonds. The molecule has 0 saturated heterocycles. The molecule has 1 atom stereocenters. The number of amides is 1. The molecule has 0 bridgehead atoms. The summed E-state index contributed by atoms with van der Waals surface area (Å²) in [5, 5.41) is 14.9. The Kier molecular flexibility index (Phi) is 6.62. The molecule has 1 aliphatic rings. The smallest absolute Gasteiger partial charge is 0.234 e. The first-order chi connectivity index (χ1) is 15.0. The molecule has 4 rings (SSSR count). The van der Waals surface area contributed by atoms with E-state index in [1.165, 1.54) is 34.2 Å². The number of thioether (sulfide) groups is 1. The number of rotatable bonds is 7. The van der Waals surface area contributed by atoms with E-state index in [1.54, 1.807) is 0 Å². The molecular formula is C24H28N4OS2. The Morgan fingerprint density at radius 2 is 2.23 bits per heavy atom. The van der Waals surface area contributed by atoms with E-state index in [0.717, 1.165) is 46.6 Å². The molecule has 1 aliphatic carbocycles. The number of allylic oxidation sites excluding steroid dienone is 1. The quantitative estimate of drug-likeness (QED) is 0.371. The number of aryl methyl sites for hydroxylation is 2. The van der Waals surface area contributed by atoms with E-state index in [9.17, 15) is 4.79 Å². The number of carbonyl (C=O) groups is 1. The molecule has 3 aromatic rings. The largest absolute Gasteiger partial charge is 0.325 e. The molecule has 1 aromatic carbocycles. The number of hydrogen-bond donors (Lipinski definition) is 1. The predicted molar refractivity (Wildman–Crippen MR) is 130 cm³/mol. The van der Waals surface area contributed by atoms with Gasteiger partial charge in [0.15, 0.2) is 11.0 Å². The van der Waals surface area contributed by atoms with Crippen molar-refractivity contribution in [2.45, 2.75) is 51.7 Å². The normalized spacial score (nSPS) is 15.5. The number of thiophene rings is 1. The van der Waals surface area contributed by atoms with Crippen LogP contribution in [0.25, 0.3) is 11.4 Å². The lowest BCUT2D eigenvalue weighted by Gasteiger charge is -2.19. The molecule has 0 spiro atoms. The predicted octanol–water partition coefficient (Wildman–Crippen LogP) is 5.67. The molecule has 5 nitrogen and oxygen atoms in total. The second kappa shape index (κ2) is 9.40. The number of benzene rings is 1. The summed E-state index contributed by atoms with van der Waals surface area (Å²) in [6, 6.07) is 6.06. The zero-order valence-corrected chi connectivity index (χ0v) is 19.9. The van der Waals surface area contributed by atoms with E-state index in [2.05, 4.69) is 39.0 Å². The van der Waals surface area contributed by atoms with E-state index >= 15 is 0 Å². The van der Waals surface area contributed by atoms with Crippen molar-refractivity contribution in [1.82, 2.24) is 14.8 Å². The summed E-state index contributed by atoms with van der Waals surface area (Å²) >= 11 is 3.24. The maximum absolute atomic E-state index is 12.6. The Hall–Kier alpha value is -2.38. The Morgan fingerprint density at radius 3 is 3.03 bits per heavy atom. The first-order valence-corrected chi connectivity index (χ1v) is 12.5. The molecule has 0 saturated carbocycles. The van der Waals surface area contributed by atoms with Crippen LogP contribution in [0.5, 0.6) is 0 Å². The second-order valence-electron chi connectivity index (χ2n) is 8.26. The van der Waals surface area contributed by atoms with Crippen molar-refractivity contribution in [3.63, 3.8) is 0 Å². The minimum Gasteiger partial charge on any atom is -0.325 e. The van der Waals surface area contributed by atoms with E-state index in [0.29, 0.717) is 6.54 Å². The van der Waals surface area contributed by atoms with Gasteiger partial charge in [-0.05, 0) is 61.8 Å². The summed E-state index contributed by atoms with van der Waals surface area (Å²) in [7, 11) is 0. The summed E-state index contributed by atoms with van der Waals surface area (Å²) in [6.45, 7) is 10.9. The van der Waals surface area contributed by atoms with Gasteiger partial charge in [0, 0.05) is 28.1 Å². The highest BCUT2D eigenvalue weighted by Crippen LogP contribution is 2.38. The molecule has 2 heterocycles. The third-order valence-corrected chi connectivity index (χ3v) is 7.69. The van der Waals surface area contributed by atoms with Crippen LogP contribution in [0.4, 0.5) is 5.69 Å². The lowest BCUT2D eigenvalue weighted by Crippen LogP contribution is -2.15. The van der Waals surface area contributed by atoms with Gasteiger partial charge in [-0.3, -0.25) is 9.36 Å². The van der Waals surface area contributed by atoms with E-state index < -0.39 is 0 Å². The fourth-order valence-corrected chi connectivity index (χ4v) is 5.93. The maximum atomic E-state index is 12.6. The highest BCUT2D eigenvalue weighted by Gasteiger charge is 2.24.